The first-order valence-electron chi connectivity index (χ1n) is 26.7. The van der Waals surface area contributed by atoms with Gasteiger partial charge in [0.2, 0.25) is 0 Å². The van der Waals surface area contributed by atoms with Gasteiger partial charge in [0.25, 0.3) is 0 Å². The maximum atomic E-state index is 3.89. The van der Waals surface area contributed by atoms with Crippen molar-refractivity contribution < 1.29 is 0 Å². The second-order valence-corrected chi connectivity index (χ2v) is 21.2. The zero-order chi connectivity index (χ0) is 41.9. The third-order valence-electron chi connectivity index (χ3n) is 14.2. The fraction of sp³-hybridized carbons (Fsp3) is 0.789. The third kappa shape index (κ3) is 23.1. The maximum Gasteiger partial charge on any atom is 0.0216 e. The van der Waals surface area contributed by atoms with Gasteiger partial charge in [-0.3, -0.25) is 0 Å². The van der Waals surface area contributed by atoms with Gasteiger partial charge >= 0.3 is 0 Å². The van der Waals surface area contributed by atoms with Crippen molar-refractivity contribution in [1.82, 2.24) is 0 Å². The van der Waals surface area contributed by atoms with E-state index in [4.69, 9.17) is 0 Å². The Morgan fingerprint density at radius 1 is 0.288 bits per heavy atom. The van der Waals surface area contributed by atoms with Crippen LogP contribution in [0.15, 0.2) is 45.3 Å². The predicted octanol–water partition coefficient (Wildman–Crippen LogP) is 21.9. The van der Waals surface area contributed by atoms with Gasteiger partial charge in [-0.25, -0.2) is 0 Å². The topological polar surface area (TPSA) is 0 Å². The van der Waals surface area contributed by atoms with Crippen LogP contribution in [-0.4, -0.2) is 0 Å². The van der Waals surface area contributed by atoms with Gasteiger partial charge in [0.15, 0.2) is 0 Å². The van der Waals surface area contributed by atoms with Gasteiger partial charge in [-0.2, -0.15) is 0 Å². The van der Waals surface area contributed by atoms with Crippen LogP contribution in [0.25, 0.3) is 11.1 Å². The lowest BCUT2D eigenvalue weighted by molar-refractivity contribution is 0.396. The number of rotatable bonds is 42. The molecule has 338 valence electrons. The molecule has 3 rings (SSSR count). The van der Waals surface area contributed by atoms with Crippen LogP contribution in [0.3, 0.4) is 0 Å². The molecule has 0 aliphatic heterocycles. The molecule has 0 atom stereocenters. The summed E-state index contributed by atoms with van der Waals surface area (Å²) in [4.78, 5) is 0. The average Bonchev–Trinajstić information content (AvgIpc) is 3.49. The Labute approximate surface area is 386 Å². The highest BCUT2D eigenvalue weighted by Gasteiger charge is 2.42. The first kappa shape index (κ1) is 52.7. The largest absolute Gasteiger partial charge is 0.0654 e. The Kier molecular flexibility index (Phi) is 32.0. The van der Waals surface area contributed by atoms with Crippen molar-refractivity contribution in [1.29, 1.82) is 0 Å². The molecule has 2 aromatic rings. The summed E-state index contributed by atoms with van der Waals surface area (Å²) < 4.78 is 2.47. The molecule has 0 spiro atoms. The fourth-order valence-corrected chi connectivity index (χ4v) is 11.2. The second-order valence-electron chi connectivity index (χ2n) is 19.4. The molecule has 0 unspecified atom stereocenters. The molecule has 0 heterocycles. The van der Waals surface area contributed by atoms with Crippen molar-refractivity contribution in [2.45, 2.75) is 289 Å². The molecule has 2 heteroatoms. The molecule has 59 heavy (non-hydrogen) atoms. The zero-order valence-electron chi connectivity index (χ0n) is 39.4. The van der Waals surface area contributed by atoms with Gasteiger partial charge in [-0.15, -0.1) is 0 Å². The SMILES string of the molecule is CCCCCCCCCCCCCCCCCCCCCCC1(CCCCCCCCCCCCCCCCCCCCCC)c2cc(Br)ccc2-c2ccc(Br)cc21. The highest BCUT2D eigenvalue weighted by atomic mass is 79.9. The molecule has 0 nitrogen and oxygen atoms in total. The normalized spacial score (nSPS) is 13.0. The molecule has 0 saturated carbocycles. The minimum Gasteiger partial charge on any atom is -0.0654 e. The highest BCUT2D eigenvalue weighted by Crippen LogP contribution is 2.55. The number of hydrogen-bond acceptors (Lipinski definition) is 0. The van der Waals surface area contributed by atoms with E-state index in [1.165, 1.54) is 290 Å². The van der Waals surface area contributed by atoms with Crippen LogP contribution < -0.4 is 0 Å². The van der Waals surface area contributed by atoms with Crippen molar-refractivity contribution in [2.24, 2.45) is 0 Å². The van der Waals surface area contributed by atoms with E-state index in [0.29, 0.717) is 0 Å². The number of unbranched alkanes of at least 4 members (excludes halogenated alkanes) is 38. The summed E-state index contributed by atoms with van der Waals surface area (Å²) >= 11 is 7.77. The Balaban J connectivity index is 1.26. The summed E-state index contributed by atoms with van der Waals surface area (Å²) in [7, 11) is 0. The molecule has 0 aromatic heterocycles. The molecule has 0 saturated heterocycles. The molecule has 0 fully saturated rings. The number of fused-ring (bicyclic) bond motifs is 3. The van der Waals surface area contributed by atoms with Crippen LogP contribution in [0, 0.1) is 0 Å². The lowest BCUT2D eigenvalue weighted by Gasteiger charge is -2.33. The van der Waals surface area contributed by atoms with Gasteiger partial charge in [0.1, 0.15) is 0 Å². The summed E-state index contributed by atoms with van der Waals surface area (Å²) in [6.07, 6.45) is 60.3. The van der Waals surface area contributed by atoms with Crippen LogP contribution in [-0.2, 0) is 5.41 Å². The molecule has 0 amide bonds. The van der Waals surface area contributed by atoms with Gasteiger partial charge < -0.3 is 0 Å². The second kappa shape index (κ2) is 35.8. The summed E-state index contributed by atoms with van der Waals surface area (Å²) in [6, 6.07) is 14.3. The summed E-state index contributed by atoms with van der Waals surface area (Å²) in [5.74, 6) is 0. The number of benzene rings is 2. The summed E-state index contributed by atoms with van der Waals surface area (Å²) in [6.45, 7) is 4.63. The Hall–Kier alpha value is -0.600. The molecule has 0 N–H and O–H groups in total. The molecule has 0 radical (unpaired) electrons. The lowest BCUT2D eigenvalue weighted by Crippen LogP contribution is -2.25. The standard InChI is InChI=1S/C57H96Br2/c1-3-5-7-9-11-13-15-17-19-21-23-25-27-29-31-33-35-37-39-41-47-57(55-49-51(58)43-45-53(55)54-46-44-52(59)50-56(54)57)48-42-40-38-36-34-32-30-28-26-24-22-20-18-16-14-12-10-8-6-4-2/h43-46,49-50H,3-42,47-48H2,1-2H3. The van der Waals surface area contributed by atoms with E-state index in [2.05, 4.69) is 82.1 Å². The minimum absolute atomic E-state index is 0.153. The number of halogens is 2. The maximum absolute atomic E-state index is 3.89. The van der Waals surface area contributed by atoms with E-state index in [1.54, 1.807) is 11.1 Å². The zero-order valence-corrected chi connectivity index (χ0v) is 42.6. The van der Waals surface area contributed by atoms with Gasteiger partial charge in [-0.1, -0.05) is 315 Å². The van der Waals surface area contributed by atoms with Gasteiger partial charge in [0, 0.05) is 14.4 Å². The van der Waals surface area contributed by atoms with Crippen LogP contribution in [0.4, 0.5) is 0 Å². The predicted molar refractivity (Wildman–Crippen MR) is 273 cm³/mol. The van der Waals surface area contributed by atoms with Crippen molar-refractivity contribution in [3.63, 3.8) is 0 Å². The molecule has 2 aromatic carbocycles. The molecule has 1 aliphatic carbocycles. The first-order chi connectivity index (χ1) is 29.1. The molecule has 0 bridgehead atoms. The Bertz CT molecular complexity index is 1170. The summed E-state index contributed by atoms with van der Waals surface area (Å²) in [5, 5.41) is 0. The molecular weight excluding hydrogens is 844 g/mol. The summed E-state index contributed by atoms with van der Waals surface area (Å²) in [5.41, 5.74) is 6.31. The minimum atomic E-state index is 0.153. The Morgan fingerprint density at radius 2 is 0.492 bits per heavy atom. The first-order valence-corrected chi connectivity index (χ1v) is 28.3. The van der Waals surface area contributed by atoms with Crippen LogP contribution in [0.5, 0.6) is 0 Å². The van der Waals surface area contributed by atoms with E-state index in [0.717, 1.165) is 0 Å². The van der Waals surface area contributed by atoms with Crippen molar-refractivity contribution in [3.05, 3.63) is 56.5 Å². The number of hydrogen-bond donors (Lipinski definition) is 0. The van der Waals surface area contributed by atoms with E-state index in [1.807, 2.05) is 0 Å². The van der Waals surface area contributed by atoms with Gasteiger partial charge in [0.05, 0.1) is 0 Å². The highest BCUT2D eigenvalue weighted by molar-refractivity contribution is 9.10. The average molecular weight is 941 g/mol. The quantitative estimate of drug-likeness (QED) is 0.0582. The van der Waals surface area contributed by atoms with Crippen LogP contribution in [0.2, 0.25) is 0 Å². The fourth-order valence-electron chi connectivity index (χ4n) is 10.5. The van der Waals surface area contributed by atoms with E-state index in [-0.39, 0.29) is 5.41 Å². The van der Waals surface area contributed by atoms with Gasteiger partial charge in [-0.05, 0) is 59.4 Å². The molecular formula is C57H96Br2. The van der Waals surface area contributed by atoms with E-state index < -0.39 is 0 Å². The lowest BCUT2D eigenvalue weighted by atomic mass is 9.70. The van der Waals surface area contributed by atoms with Crippen LogP contribution in [0.1, 0.15) is 295 Å². The smallest absolute Gasteiger partial charge is 0.0216 e. The third-order valence-corrected chi connectivity index (χ3v) is 15.2. The van der Waals surface area contributed by atoms with E-state index in [9.17, 15) is 0 Å². The molecule has 1 aliphatic rings. The Morgan fingerprint density at radius 3 is 0.712 bits per heavy atom. The van der Waals surface area contributed by atoms with Crippen molar-refractivity contribution in [2.75, 3.05) is 0 Å². The van der Waals surface area contributed by atoms with E-state index >= 15 is 0 Å². The van der Waals surface area contributed by atoms with Crippen molar-refractivity contribution in [3.8, 4) is 11.1 Å². The van der Waals surface area contributed by atoms with Crippen molar-refractivity contribution >= 4 is 31.9 Å². The monoisotopic (exact) mass is 939 g/mol. The van der Waals surface area contributed by atoms with Crippen LogP contribution >= 0.6 is 31.9 Å².